The van der Waals surface area contributed by atoms with Crippen molar-refractivity contribution >= 4 is 18.1 Å². The first-order valence-electron chi connectivity index (χ1n) is 10.1. The average Bonchev–Trinajstić information content (AvgIpc) is 3.17. The minimum Gasteiger partial charge on any atom is -0.444 e. The molecule has 0 aromatic carbocycles. The van der Waals surface area contributed by atoms with E-state index in [-0.39, 0.29) is 18.9 Å². The van der Waals surface area contributed by atoms with Crippen LogP contribution < -0.4 is 16.4 Å². The molecule has 0 unspecified atom stereocenters. The Morgan fingerprint density at radius 3 is 2.79 bits per heavy atom. The third-order valence-corrected chi connectivity index (χ3v) is 4.52. The van der Waals surface area contributed by atoms with Crippen LogP contribution in [-0.4, -0.2) is 54.5 Å². The van der Waals surface area contributed by atoms with Crippen LogP contribution in [0.1, 0.15) is 51.9 Å². The first-order chi connectivity index (χ1) is 13.7. The molecule has 0 saturated carbocycles. The Morgan fingerprint density at radius 2 is 2.14 bits per heavy atom. The topological polar surface area (TPSA) is 113 Å². The number of carbonyl (C=O) groups is 1. The molecule has 1 heterocycles. The number of methoxy groups -OCH3 is 1. The van der Waals surface area contributed by atoms with E-state index in [1.807, 2.05) is 27.7 Å². The average molecular weight is 410 g/mol. The van der Waals surface area contributed by atoms with E-state index >= 15 is 0 Å². The fraction of sp³-hybridized carbons (Fsp3) is 0.700. The lowest BCUT2D eigenvalue weighted by Crippen LogP contribution is -2.33. The number of fused-ring (bicyclic) bond motifs is 1. The summed E-state index contributed by atoms with van der Waals surface area (Å²) in [6, 6.07) is 0. The highest BCUT2D eigenvalue weighted by molar-refractivity contribution is 5.67. The van der Waals surface area contributed by atoms with Gasteiger partial charge in [-0.05, 0) is 52.2 Å². The number of carbonyl (C=O) groups excluding carboxylic acids is 1. The lowest BCUT2D eigenvalue weighted by molar-refractivity contribution is 0.0527. The van der Waals surface area contributed by atoms with Crippen LogP contribution in [0.15, 0.2) is 5.57 Å². The van der Waals surface area contributed by atoms with Gasteiger partial charge in [0.25, 0.3) is 0 Å². The highest BCUT2D eigenvalue weighted by Gasteiger charge is 2.25. The smallest absolute Gasteiger partial charge is 0.407 e. The third-order valence-electron chi connectivity index (χ3n) is 4.52. The van der Waals surface area contributed by atoms with Crippen molar-refractivity contribution in [1.29, 1.82) is 0 Å². The maximum Gasteiger partial charge on any atom is 0.407 e. The molecule has 29 heavy (non-hydrogen) atoms. The van der Waals surface area contributed by atoms with Crippen LogP contribution >= 0.6 is 0 Å². The van der Waals surface area contributed by atoms with Gasteiger partial charge in [0.15, 0.2) is 0 Å². The monoisotopic (exact) mass is 409 g/mol. The normalized spacial score (nSPS) is 14.3. The van der Waals surface area contributed by atoms with Crippen LogP contribution in [0.2, 0.25) is 0 Å². The summed E-state index contributed by atoms with van der Waals surface area (Å²) in [4.78, 5) is 16.4. The summed E-state index contributed by atoms with van der Waals surface area (Å²) >= 11 is 0. The van der Waals surface area contributed by atoms with Gasteiger partial charge in [-0.2, -0.15) is 0 Å². The molecular weight excluding hydrogens is 374 g/mol. The number of ether oxygens (including phenoxy) is 3. The molecule has 0 radical (unpaired) electrons. The van der Waals surface area contributed by atoms with Gasteiger partial charge < -0.3 is 35.1 Å². The van der Waals surface area contributed by atoms with Gasteiger partial charge in [0.1, 0.15) is 12.3 Å². The Bertz CT molecular complexity index is 708. The van der Waals surface area contributed by atoms with Gasteiger partial charge in [0.05, 0.1) is 24.2 Å². The number of unbranched alkanes of at least 4 members (excludes halogenated alkanes) is 1. The number of hydrogen-bond acceptors (Lipinski definition) is 7. The van der Waals surface area contributed by atoms with Crippen LogP contribution in [0.5, 0.6) is 0 Å². The minimum atomic E-state index is -0.487. The van der Waals surface area contributed by atoms with Crippen molar-refractivity contribution in [3.63, 3.8) is 0 Å². The second-order valence-corrected chi connectivity index (χ2v) is 8.04. The molecule has 2 rings (SSSR count). The highest BCUT2D eigenvalue weighted by Crippen LogP contribution is 2.30. The largest absolute Gasteiger partial charge is 0.444 e. The number of rotatable bonds is 11. The number of hydrogen-bond donors (Lipinski definition) is 3. The molecule has 164 valence electrons. The SMILES string of the molecule is COCNc1nc2c(n1CCCCNC(=O)OC(C)(C)C)CC([C@H](C)OCN)=C2. The van der Waals surface area contributed by atoms with Gasteiger partial charge in [-0.1, -0.05) is 0 Å². The predicted octanol–water partition coefficient (Wildman–Crippen LogP) is 2.46. The summed E-state index contributed by atoms with van der Waals surface area (Å²) in [5.41, 5.74) is 8.30. The Hall–Kier alpha value is -2.10. The van der Waals surface area contributed by atoms with Crippen LogP contribution in [0.4, 0.5) is 10.7 Å². The van der Waals surface area contributed by atoms with E-state index in [0.29, 0.717) is 13.3 Å². The van der Waals surface area contributed by atoms with Crippen molar-refractivity contribution in [1.82, 2.24) is 14.9 Å². The summed E-state index contributed by atoms with van der Waals surface area (Å²) in [6.45, 7) is 9.49. The number of nitrogens with zero attached hydrogens (tertiary/aromatic N) is 2. The van der Waals surface area contributed by atoms with Gasteiger partial charge in [-0.3, -0.25) is 0 Å². The molecule has 1 aliphatic carbocycles. The predicted molar refractivity (Wildman–Crippen MR) is 112 cm³/mol. The van der Waals surface area contributed by atoms with Crippen LogP contribution in [0, 0.1) is 0 Å². The maximum atomic E-state index is 11.7. The molecule has 0 bridgehead atoms. The van der Waals surface area contributed by atoms with E-state index in [4.69, 9.17) is 24.9 Å². The Balaban J connectivity index is 1.91. The van der Waals surface area contributed by atoms with Gasteiger partial charge in [0.2, 0.25) is 5.95 Å². The molecule has 1 aliphatic rings. The molecule has 1 atom stereocenters. The second kappa shape index (κ2) is 10.6. The van der Waals surface area contributed by atoms with Crippen LogP contribution in [0.3, 0.4) is 0 Å². The minimum absolute atomic E-state index is 0.0314. The first-order valence-corrected chi connectivity index (χ1v) is 10.1. The van der Waals surface area contributed by atoms with Crippen molar-refractivity contribution in [2.75, 3.05) is 32.4 Å². The number of aromatic nitrogens is 2. The fourth-order valence-electron chi connectivity index (χ4n) is 3.15. The second-order valence-electron chi connectivity index (χ2n) is 8.04. The van der Waals surface area contributed by atoms with Crippen LogP contribution in [0.25, 0.3) is 6.08 Å². The molecule has 0 saturated heterocycles. The van der Waals surface area contributed by atoms with Gasteiger partial charge in [0, 0.05) is 26.6 Å². The summed E-state index contributed by atoms with van der Waals surface area (Å²) in [5.74, 6) is 0.791. The Morgan fingerprint density at radius 1 is 1.38 bits per heavy atom. The Labute approximate surface area is 173 Å². The molecule has 1 aromatic heterocycles. The fourth-order valence-corrected chi connectivity index (χ4v) is 3.15. The van der Waals surface area contributed by atoms with E-state index in [2.05, 4.69) is 21.3 Å². The number of anilines is 1. The number of nitrogens with two attached hydrogens (primary N) is 1. The number of amides is 1. The number of alkyl carbamates (subject to hydrolysis) is 1. The van der Waals surface area contributed by atoms with E-state index in [0.717, 1.165) is 43.1 Å². The van der Waals surface area contributed by atoms with Gasteiger partial charge in [-0.25, -0.2) is 9.78 Å². The molecule has 1 amide bonds. The number of nitrogens with one attached hydrogen (secondary N) is 2. The van der Waals surface area contributed by atoms with Crippen molar-refractivity contribution in [3.05, 3.63) is 17.0 Å². The zero-order valence-electron chi connectivity index (χ0n) is 18.2. The molecular formula is C20H35N5O4. The molecule has 9 nitrogen and oxygen atoms in total. The van der Waals surface area contributed by atoms with E-state index in [9.17, 15) is 4.79 Å². The van der Waals surface area contributed by atoms with Crippen molar-refractivity contribution in [2.24, 2.45) is 5.73 Å². The highest BCUT2D eigenvalue weighted by atomic mass is 16.6. The zero-order chi connectivity index (χ0) is 21.4. The summed E-state index contributed by atoms with van der Waals surface area (Å²) in [5, 5.41) is 6.00. The summed E-state index contributed by atoms with van der Waals surface area (Å²) in [7, 11) is 1.64. The summed E-state index contributed by atoms with van der Waals surface area (Å²) in [6.07, 6.45) is 4.18. The van der Waals surface area contributed by atoms with Crippen molar-refractivity contribution < 1.29 is 19.0 Å². The summed E-state index contributed by atoms with van der Waals surface area (Å²) < 4.78 is 18.1. The van der Waals surface area contributed by atoms with Crippen molar-refractivity contribution in [3.8, 4) is 0 Å². The number of imidazole rings is 1. The zero-order valence-corrected chi connectivity index (χ0v) is 18.2. The molecule has 0 aliphatic heterocycles. The van der Waals surface area contributed by atoms with Gasteiger partial charge >= 0.3 is 6.09 Å². The lowest BCUT2D eigenvalue weighted by Gasteiger charge is -2.19. The van der Waals surface area contributed by atoms with Crippen LogP contribution in [-0.2, 0) is 27.2 Å². The van der Waals surface area contributed by atoms with Gasteiger partial charge in [-0.15, -0.1) is 0 Å². The standard InChI is InChI=1S/C20H35N5O4/c1-14(28-12-21)15-10-16-17(11-15)25(18(24-16)23-13-27-5)9-7-6-8-22-19(26)29-20(2,3)4/h10,14H,6-9,11-13,21H2,1-5H3,(H,22,26)(H,23,24)/t14-/m0/s1. The lowest BCUT2D eigenvalue weighted by atomic mass is 10.1. The van der Waals surface area contributed by atoms with E-state index in [1.54, 1.807) is 7.11 Å². The Kier molecular flexibility index (Phi) is 8.48. The van der Waals surface area contributed by atoms with Crippen molar-refractivity contribution in [2.45, 2.75) is 65.2 Å². The third kappa shape index (κ3) is 7.02. The first kappa shape index (κ1) is 23.2. The van der Waals surface area contributed by atoms with E-state index in [1.165, 1.54) is 5.57 Å². The quantitative estimate of drug-likeness (QED) is 0.380. The van der Waals surface area contributed by atoms with E-state index < -0.39 is 5.60 Å². The molecule has 1 aromatic rings. The molecule has 9 heteroatoms. The molecule has 4 N–H and O–H groups in total. The molecule has 0 fully saturated rings. The molecule has 0 spiro atoms. The maximum absolute atomic E-state index is 11.7.